The Hall–Kier alpha value is -2.87. The van der Waals surface area contributed by atoms with Crippen LogP contribution in [0.2, 0.25) is 0 Å². The fourth-order valence-corrected chi connectivity index (χ4v) is 4.40. The minimum Gasteiger partial charge on any atom is -0.429 e. The van der Waals surface area contributed by atoms with E-state index in [-0.39, 0.29) is 5.91 Å². The highest BCUT2D eigenvalue weighted by molar-refractivity contribution is 7.99. The number of piperidine rings is 1. The quantitative estimate of drug-likeness (QED) is 0.476. The molecule has 2 aromatic heterocycles. The summed E-state index contributed by atoms with van der Waals surface area (Å²) in [5.74, 6) is 0.485. The number of carbonyl (C=O) groups is 1. The van der Waals surface area contributed by atoms with Crippen LogP contribution in [0.3, 0.4) is 0 Å². The van der Waals surface area contributed by atoms with Gasteiger partial charge in [0.05, 0.1) is 5.75 Å². The molecule has 0 radical (unpaired) electrons. The Labute approximate surface area is 172 Å². The lowest BCUT2D eigenvalue weighted by molar-refractivity contribution is -0.129. The van der Waals surface area contributed by atoms with Gasteiger partial charge in [-0.15, -0.1) is 15.0 Å². The highest BCUT2D eigenvalue weighted by atomic mass is 32.2. The van der Waals surface area contributed by atoms with Crippen molar-refractivity contribution in [3.05, 3.63) is 42.0 Å². The summed E-state index contributed by atoms with van der Waals surface area (Å²) >= 11 is 1.34. The molecule has 0 atom stereocenters. The van der Waals surface area contributed by atoms with Crippen molar-refractivity contribution in [3.63, 3.8) is 0 Å². The molecule has 7 nitrogen and oxygen atoms in total. The molecule has 0 saturated carbocycles. The zero-order valence-corrected chi connectivity index (χ0v) is 17.0. The number of likely N-dealkylation sites (tertiary alicyclic amines) is 1. The lowest BCUT2D eigenvalue weighted by Crippen LogP contribution is -2.36. The van der Waals surface area contributed by atoms with Crippen molar-refractivity contribution in [1.82, 2.24) is 24.9 Å². The Kier molecular flexibility index (Phi) is 4.71. The molecule has 148 valence electrons. The second kappa shape index (κ2) is 7.51. The number of aryl methyl sites for hydroxylation is 1. The summed E-state index contributed by atoms with van der Waals surface area (Å²) in [5.41, 5.74) is 4.81. The Morgan fingerprint density at radius 3 is 2.52 bits per heavy atom. The molecular weight excluding hydrogens is 386 g/mol. The lowest BCUT2D eigenvalue weighted by atomic mass is 10.1. The van der Waals surface area contributed by atoms with Gasteiger partial charge in [0.1, 0.15) is 22.2 Å². The van der Waals surface area contributed by atoms with Crippen LogP contribution in [0.15, 0.2) is 46.0 Å². The van der Waals surface area contributed by atoms with E-state index in [1.54, 1.807) is 4.80 Å². The standard InChI is InChI=1S/C21H21N5O2S/c1-14-11-17-20(18(12-14)26-23-15-7-3-4-8-16(15)24-26)28-21(22-17)29-13-19(27)25-9-5-2-6-10-25/h3-4,7-8,11-12H,2,5-6,9-10,13H2,1H3. The van der Waals surface area contributed by atoms with Gasteiger partial charge in [-0.25, -0.2) is 4.98 Å². The number of hydrogen-bond acceptors (Lipinski definition) is 6. The maximum atomic E-state index is 12.4. The summed E-state index contributed by atoms with van der Waals surface area (Å²) in [5, 5.41) is 9.63. The van der Waals surface area contributed by atoms with Crippen LogP contribution in [0.5, 0.6) is 0 Å². The first kappa shape index (κ1) is 18.2. The van der Waals surface area contributed by atoms with Gasteiger partial charge in [-0.2, -0.15) is 0 Å². The first-order valence-corrected chi connectivity index (χ1v) is 10.8. The van der Waals surface area contributed by atoms with Crippen molar-refractivity contribution in [3.8, 4) is 5.69 Å². The van der Waals surface area contributed by atoms with Crippen LogP contribution in [-0.2, 0) is 4.79 Å². The Morgan fingerprint density at radius 1 is 1.07 bits per heavy atom. The van der Waals surface area contributed by atoms with E-state index < -0.39 is 0 Å². The molecule has 1 saturated heterocycles. The van der Waals surface area contributed by atoms with E-state index >= 15 is 0 Å². The molecule has 5 rings (SSSR count). The van der Waals surface area contributed by atoms with Gasteiger partial charge in [0.25, 0.3) is 5.22 Å². The van der Waals surface area contributed by atoms with Crippen molar-refractivity contribution in [2.75, 3.05) is 18.8 Å². The number of fused-ring (bicyclic) bond motifs is 2. The molecule has 0 aliphatic carbocycles. The lowest BCUT2D eigenvalue weighted by Gasteiger charge is -2.26. The first-order valence-electron chi connectivity index (χ1n) is 9.81. The van der Waals surface area contributed by atoms with Gasteiger partial charge < -0.3 is 9.32 Å². The molecule has 2 aromatic carbocycles. The highest BCUT2D eigenvalue weighted by Crippen LogP contribution is 2.29. The fraction of sp³-hybridized carbons (Fsp3) is 0.333. The smallest absolute Gasteiger partial charge is 0.257 e. The van der Waals surface area contributed by atoms with E-state index in [0.717, 1.165) is 53.7 Å². The fourth-order valence-electron chi connectivity index (χ4n) is 3.67. The van der Waals surface area contributed by atoms with Gasteiger partial charge in [0, 0.05) is 13.1 Å². The molecule has 3 heterocycles. The summed E-state index contributed by atoms with van der Waals surface area (Å²) in [6.07, 6.45) is 3.39. The van der Waals surface area contributed by atoms with Crippen molar-refractivity contribution in [1.29, 1.82) is 0 Å². The summed E-state index contributed by atoms with van der Waals surface area (Å²) < 4.78 is 6.02. The van der Waals surface area contributed by atoms with Crippen molar-refractivity contribution in [2.45, 2.75) is 31.4 Å². The molecule has 0 N–H and O–H groups in total. The van der Waals surface area contributed by atoms with E-state index in [4.69, 9.17) is 4.42 Å². The third-order valence-electron chi connectivity index (χ3n) is 5.13. The van der Waals surface area contributed by atoms with Crippen LogP contribution < -0.4 is 0 Å². The van der Waals surface area contributed by atoms with Gasteiger partial charge in [-0.05, 0) is 56.0 Å². The SMILES string of the molecule is Cc1cc(-n2nc3ccccc3n2)c2oc(SCC(=O)N3CCCCC3)nc2c1. The number of carbonyl (C=O) groups excluding carboxylic acids is 1. The van der Waals surface area contributed by atoms with Gasteiger partial charge in [0.15, 0.2) is 5.58 Å². The van der Waals surface area contributed by atoms with Gasteiger partial charge >= 0.3 is 0 Å². The van der Waals surface area contributed by atoms with Crippen LogP contribution in [-0.4, -0.2) is 49.6 Å². The van der Waals surface area contributed by atoms with E-state index in [1.165, 1.54) is 18.2 Å². The number of aromatic nitrogens is 4. The molecule has 8 heteroatoms. The molecule has 29 heavy (non-hydrogen) atoms. The number of amides is 1. The summed E-state index contributed by atoms with van der Waals surface area (Å²) in [6, 6.07) is 11.7. The number of oxazole rings is 1. The molecule has 1 amide bonds. The van der Waals surface area contributed by atoms with E-state index in [9.17, 15) is 4.79 Å². The van der Waals surface area contributed by atoms with Crippen molar-refractivity contribution in [2.24, 2.45) is 0 Å². The Balaban J connectivity index is 1.43. The maximum Gasteiger partial charge on any atom is 0.257 e. The average Bonchev–Trinajstić information content (AvgIpc) is 3.35. The van der Waals surface area contributed by atoms with E-state index in [0.29, 0.717) is 16.6 Å². The summed E-state index contributed by atoms with van der Waals surface area (Å²) in [7, 11) is 0. The van der Waals surface area contributed by atoms with Gasteiger partial charge in [-0.3, -0.25) is 4.79 Å². The predicted molar refractivity (Wildman–Crippen MR) is 112 cm³/mol. The number of benzene rings is 2. The number of rotatable bonds is 4. The molecule has 1 fully saturated rings. The van der Waals surface area contributed by atoms with Crippen LogP contribution in [0.1, 0.15) is 24.8 Å². The third-order valence-corrected chi connectivity index (χ3v) is 5.94. The summed E-state index contributed by atoms with van der Waals surface area (Å²) in [6.45, 7) is 3.72. The van der Waals surface area contributed by atoms with Gasteiger partial charge in [0.2, 0.25) is 5.91 Å². The average molecular weight is 407 g/mol. The minimum atomic E-state index is 0.147. The molecule has 1 aliphatic rings. The second-order valence-electron chi connectivity index (χ2n) is 7.32. The number of nitrogens with zero attached hydrogens (tertiary/aromatic N) is 5. The van der Waals surface area contributed by atoms with Crippen LogP contribution >= 0.6 is 11.8 Å². The third kappa shape index (κ3) is 3.60. The number of thioether (sulfide) groups is 1. The van der Waals surface area contributed by atoms with Crippen molar-refractivity contribution < 1.29 is 9.21 Å². The van der Waals surface area contributed by atoms with E-state index in [2.05, 4.69) is 15.2 Å². The number of hydrogen-bond donors (Lipinski definition) is 0. The Morgan fingerprint density at radius 2 is 1.79 bits per heavy atom. The van der Waals surface area contributed by atoms with Gasteiger partial charge in [-0.1, -0.05) is 23.9 Å². The highest BCUT2D eigenvalue weighted by Gasteiger charge is 2.19. The molecular formula is C21H21N5O2S. The Bertz CT molecular complexity index is 1160. The van der Waals surface area contributed by atoms with Crippen LogP contribution in [0.4, 0.5) is 0 Å². The zero-order valence-electron chi connectivity index (χ0n) is 16.2. The van der Waals surface area contributed by atoms with Crippen molar-refractivity contribution >= 4 is 39.8 Å². The molecule has 0 unspecified atom stereocenters. The summed E-state index contributed by atoms with van der Waals surface area (Å²) in [4.78, 5) is 20.6. The largest absolute Gasteiger partial charge is 0.429 e. The zero-order chi connectivity index (χ0) is 19.8. The molecule has 1 aliphatic heterocycles. The van der Waals surface area contributed by atoms with Crippen LogP contribution in [0, 0.1) is 6.92 Å². The molecule has 0 spiro atoms. The van der Waals surface area contributed by atoms with E-state index in [1.807, 2.05) is 48.2 Å². The predicted octanol–water partition coefficient (Wildman–Crippen LogP) is 3.97. The topological polar surface area (TPSA) is 77.0 Å². The molecule has 4 aromatic rings. The second-order valence-corrected chi connectivity index (χ2v) is 8.25. The molecule has 0 bridgehead atoms. The van der Waals surface area contributed by atoms with Crippen LogP contribution in [0.25, 0.3) is 27.8 Å². The minimum absolute atomic E-state index is 0.147. The maximum absolute atomic E-state index is 12.4. The monoisotopic (exact) mass is 407 g/mol. The first-order chi connectivity index (χ1) is 14.2. The normalized spacial score (nSPS) is 14.7.